The molecule has 0 radical (unpaired) electrons. The average Bonchev–Trinajstić information content (AvgIpc) is 3.14. The molecule has 0 spiro atoms. The Hall–Kier alpha value is -1.95. The largest absolute Gasteiger partial charge is 0.383 e. The molecule has 1 aromatic heterocycles. The van der Waals surface area contributed by atoms with Crippen molar-refractivity contribution in [3.8, 4) is 11.1 Å². The Kier molecular flexibility index (Phi) is 5.20. The number of nitrogens with zero attached hydrogens (tertiary/aromatic N) is 3. The van der Waals surface area contributed by atoms with Gasteiger partial charge in [0, 0.05) is 50.5 Å². The van der Waals surface area contributed by atoms with Gasteiger partial charge >= 0.3 is 0 Å². The van der Waals surface area contributed by atoms with Crippen LogP contribution in [0.4, 0.5) is 5.82 Å². The van der Waals surface area contributed by atoms with Gasteiger partial charge in [0.2, 0.25) is 0 Å². The van der Waals surface area contributed by atoms with Crippen LogP contribution in [0.3, 0.4) is 0 Å². The van der Waals surface area contributed by atoms with Gasteiger partial charge in [0.25, 0.3) is 0 Å². The molecule has 1 atom stereocenters. The molecule has 1 aromatic carbocycles. The molecule has 5 nitrogen and oxygen atoms in total. The molecule has 2 N–H and O–H groups in total. The third-order valence-electron chi connectivity index (χ3n) is 5.62. The molecular weight excluding hydrogens is 324 g/mol. The summed E-state index contributed by atoms with van der Waals surface area (Å²) in [6.45, 7) is 9.33. The minimum absolute atomic E-state index is 0.606. The lowest BCUT2D eigenvalue weighted by Gasteiger charge is -2.32. The number of hydrogen-bond acceptors (Lipinski definition) is 5. The summed E-state index contributed by atoms with van der Waals surface area (Å²) < 4.78 is 5.48. The molecule has 2 saturated heterocycles. The first kappa shape index (κ1) is 17.5. The van der Waals surface area contributed by atoms with E-state index in [9.17, 15) is 0 Å². The van der Waals surface area contributed by atoms with Crippen molar-refractivity contribution in [1.29, 1.82) is 0 Å². The number of hydrogen-bond donors (Lipinski definition) is 1. The topological polar surface area (TPSA) is 54.6 Å². The predicted molar refractivity (Wildman–Crippen MR) is 105 cm³/mol. The number of pyridine rings is 1. The molecule has 2 aliphatic rings. The van der Waals surface area contributed by atoms with E-state index in [4.69, 9.17) is 10.5 Å². The van der Waals surface area contributed by atoms with Gasteiger partial charge in [-0.1, -0.05) is 24.3 Å². The second-order valence-corrected chi connectivity index (χ2v) is 7.45. The number of likely N-dealkylation sites (tertiary alicyclic amines) is 1. The zero-order valence-corrected chi connectivity index (χ0v) is 15.5. The second-order valence-electron chi connectivity index (χ2n) is 7.45. The predicted octanol–water partition coefficient (Wildman–Crippen LogP) is 2.55. The molecule has 2 aliphatic heterocycles. The summed E-state index contributed by atoms with van der Waals surface area (Å²) in [6, 6.07) is 11.7. The van der Waals surface area contributed by atoms with Gasteiger partial charge in [-0.05, 0) is 36.1 Å². The van der Waals surface area contributed by atoms with E-state index < -0.39 is 0 Å². The van der Waals surface area contributed by atoms with Crippen LogP contribution in [0.2, 0.25) is 0 Å². The smallest absolute Gasteiger partial charge is 0.126 e. The fourth-order valence-corrected chi connectivity index (χ4v) is 4.00. The van der Waals surface area contributed by atoms with Crippen LogP contribution >= 0.6 is 0 Å². The number of morpholine rings is 1. The normalized spacial score (nSPS) is 22.0. The Morgan fingerprint density at radius 3 is 2.62 bits per heavy atom. The molecule has 3 heterocycles. The van der Waals surface area contributed by atoms with Gasteiger partial charge in [-0.25, -0.2) is 4.98 Å². The molecule has 0 saturated carbocycles. The van der Waals surface area contributed by atoms with Crippen molar-refractivity contribution < 1.29 is 4.74 Å². The van der Waals surface area contributed by atoms with Crippen LogP contribution in [0, 0.1) is 6.92 Å². The molecule has 138 valence electrons. The number of rotatable bonds is 4. The summed E-state index contributed by atoms with van der Waals surface area (Å²) in [6.07, 6.45) is 3.12. The standard InChI is InChI=1S/C21H28N4O/c1-16-12-19(13-23-21(16)22)18-4-2-17(3-5-18)14-24-7-6-20(15-24)25-8-10-26-11-9-25/h2-5,12-13,20H,6-11,14-15H2,1H3,(H2,22,23). The molecule has 1 unspecified atom stereocenters. The maximum absolute atomic E-state index is 5.82. The van der Waals surface area contributed by atoms with E-state index in [1.807, 2.05) is 13.1 Å². The highest BCUT2D eigenvalue weighted by molar-refractivity contribution is 5.65. The maximum atomic E-state index is 5.82. The summed E-state index contributed by atoms with van der Waals surface area (Å²) in [5.41, 5.74) is 10.5. The zero-order valence-electron chi connectivity index (χ0n) is 15.5. The maximum Gasteiger partial charge on any atom is 0.126 e. The molecule has 2 fully saturated rings. The zero-order chi connectivity index (χ0) is 17.9. The lowest BCUT2D eigenvalue weighted by Crippen LogP contribution is -2.44. The van der Waals surface area contributed by atoms with Crippen molar-refractivity contribution in [1.82, 2.24) is 14.8 Å². The summed E-state index contributed by atoms with van der Waals surface area (Å²) in [7, 11) is 0. The van der Waals surface area contributed by atoms with Gasteiger partial charge in [-0.2, -0.15) is 0 Å². The number of nitrogen functional groups attached to an aromatic ring is 1. The number of aromatic nitrogens is 1. The van der Waals surface area contributed by atoms with Crippen molar-refractivity contribution in [3.05, 3.63) is 47.7 Å². The highest BCUT2D eigenvalue weighted by atomic mass is 16.5. The molecule has 0 bridgehead atoms. The SMILES string of the molecule is Cc1cc(-c2ccc(CN3CCC(N4CCOCC4)C3)cc2)cnc1N. The molecule has 0 aliphatic carbocycles. The van der Waals surface area contributed by atoms with Crippen LogP contribution in [-0.2, 0) is 11.3 Å². The molecule has 26 heavy (non-hydrogen) atoms. The second kappa shape index (κ2) is 7.74. The van der Waals surface area contributed by atoms with Crippen LogP contribution < -0.4 is 5.73 Å². The van der Waals surface area contributed by atoms with E-state index in [0.717, 1.165) is 44.0 Å². The number of benzene rings is 1. The lowest BCUT2D eigenvalue weighted by atomic mass is 10.0. The molecular formula is C21H28N4O. The van der Waals surface area contributed by atoms with Gasteiger partial charge in [-0.3, -0.25) is 9.80 Å². The molecule has 2 aromatic rings. The first-order valence-electron chi connectivity index (χ1n) is 9.54. The Balaban J connectivity index is 1.36. The summed E-state index contributed by atoms with van der Waals surface area (Å²) in [5, 5.41) is 0. The highest BCUT2D eigenvalue weighted by Crippen LogP contribution is 2.24. The van der Waals surface area contributed by atoms with E-state index in [-0.39, 0.29) is 0 Å². The lowest BCUT2D eigenvalue weighted by molar-refractivity contribution is 0.0184. The van der Waals surface area contributed by atoms with Gasteiger partial charge in [-0.15, -0.1) is 0 Å². The Labute approximate surface area is 155 Å². The van der Waals surface area contributed by atoms with Gasteiger partial charge in [0.15, 0.2) is 0 Å². The Bertz CT molecular complexity index is 740. The number of ether oxygens (including phenoxy) is 1. The summed E-state index contributed by atoms with van der Waals surface area (Å²) in [5.74, 6) is 0.606. The minimum Gasteiger partial charge on any atom is -0.383 e. The highest BCUT2D eigenvalue weighted by Gasteiger charge is 2.28. The van der Waals surface area contributed by atoms with Crippen molar-refractivity contribution >= 4 is 5.82 Å². The van der Waals surface area contributed by atoms with E-state index in [2.05, 4.69) is 45.1 Å². The van der Waals surface area contributed by atoms with E-state index in [0.29, 0.717) is 11.9 Å². The summed E-state index contributed by atoms with van der Waals surface area (Å²) in [4.78, 5) is 9.44. The molecule has 5 heteroatoms. The number of aryl methyl sites for hydroxylation is 1. The fourth-order valence-electron chi connectivity index (χ4n) is 4.00. The van der Waals surface area contributed by atoms with Crippen LogP contribution in [0.1, 0.15) is 17.5 Å². The van der Waals surface area contributed by atoms with Crippen molar-refractivity contribution in [3.63, 3.8) is 0 Å². The van der Waals surface area contributed by atoms with E-state index >= 15 is 0 Å². The first-order valence-corrected chi connectivity index (χ1v) is 9.54. The van der Waals surface area contributed by atoms with Crippen LogP contribution in [-0.4, -0.2) is 60.2 Å². The van der Waals surface area contributed by atoms with E-state index in [1.165, 1.54) is 30.6 Å². The summed E-state index contributed by atoms with van der Waals surface area (Å²) >= 11 is 0. The number of nitrogens with two attached hydrogens (primary N) is 1. The Morgan fingerprint density at radius 1 is 1.12 bits per heavy atom. The monoisotopic (exact) mass is 352 g/mol. The molecule has 0 amide bonds. The third kappa shape index (κ3) is 3.90. The van der Waals surface area contributed by atoms with Gasteiger partial charge < -0.3 is 10.5 Å². The first-order chi connectivity index (χ1) is 12.7. The van der Waals surface area contributed by atoms with Gasteiger partial charge in [0.05, 0.1) is 13.2 Å². The quantitative estimate of drug-likeness (QED) is 0.916. The van der Waals surface area contributed by atoms with Crippen LogP contribution in [0.25, 0.3) is 11.1 Å². The third-order valence-corrected chi connectivity index (χ3v) is 5.62. The average molecular weight is 352 g/mol. The van der Waals surface area contributed by atoms with Crippen molar-refractivity contribution in [2.75, 3.05) is 45.1 Å². The van der Waals surface area contributed by atoms with Gasteiger partial charge in [0.1, 0.15) is 5.82 Å². The van der Waals surface area contributed by atoms with Crippen molar-refractivity contribution in [2.45, 2.75) is 25.9 Å². The van der Waals surface area contributed by atoms with Crippen molar-refractivity contribution in [2.24, 2.45) is 0 Å². The van der Waals surface area contributed by atoms with Crippen LogP contribution in [0.5, 0.6) is 0 Å². The minimum atomic E-state index is 0.606. The fraction of sp³-hybridized carbons (Fsp3) is 0.476. The number of anilines is 1. The van der Waals surface area contributed by atoms with Crippen LogP contribution in [0.15, 0.2) is 36.5 Å². The molecule has 4 rings (SSSR count). The Morgan fingerprint density at radius 2 is 1.88 bits per heavy atom. The van der Waals surface area contributed by atoms with E-state index in [1.54, 1.807) is 0 Å².